The first kappa shape index (κ1) is 19.4. The van der Waals surface area contributed by atoms with E-state index in [1.807, 2.05) is 57.2 Å². The van der Waals surface area contributed by atoms with Crippen molar-refractivity contribution >= 4 is 12.0 Å². The first-order valence-corrected chi connectivity index (χ1v) is 9.24. The van der Waals surface area contributed by atoms with Crippen LogP contribution >= 0.6 is 0 Å². The molecule has 1 heterocycles. The number of ether oxygens (including phenoxy) is 1. The van der Waals surface area contributed by atoms with Crippen LogP contribution in [0.4, 0.5) is 5.82 Å². The van der Waals surface area contributed by atoms with E-state index in [2.05, 4.69) is 20.5 Å². The maximum Gasteiger partial charge on any atom is 0.161 e. The highest BCUT2D eigenvalue weighted by Crippen LogP contribution is 2.23. The zero-order valence-corrected chi connectivity index (χ0v) is 16.3. The number of anilines is 1. The third-order valence-electron chi connectivity index (χ3n) is 4.27. The summed E-state index contributed by atoms with van der Waals surface area (Å²) in [5.41, 5.74) is 6.30. The molecule has 3 rings (SSSR count). The van der Waals surface area contributed by atoms with Gasteiger partial charge in [-0.25, -0.2) is 9.97 Å². The van der Waals surface area contributed by atoms with Crippen molar-refractivity contribution in [2.24, 2.45) is 5.10 Å². The van der Waals surface area contributed by atoms with Crippen LogP contribution in [-0.4, -0.2) is 27.9 Å². The van der Waals surface area contributed by atoms with Crippen LogP contribution < -0.4 is 10.2 Å². The molecule has 6 nitrogen and oxygen atoms in total. The second kappa shape index (κ2) is 8.99. The van der Waals surface area contributed by atoms with Gasteiger partial charge in [-0.3, -0.25) is 5.43 Å². The van der Waals surface area contributed by atoms with Crippen molar-refractivity contribution in [3.63, 3.8) is 0 Å². The van der Waals surface area contributed by atoms with Crippen LogP contribution in [0.1, 0.15) is 30.2 Å². The maximum absolute atomic E-state index is 10.2. The van der Waals surface area contributed by atoms with Crippen molar-refractivity contribution in [3.05, 3.63) is 65.4 Å². The van der Waals surface area contributed by atoms with E-state index in [1.165, 1.54) is 0 Å². The lowest BCUT2D eigenvalue weighted by molar-refractivity contribution is 0.315. The first-order valence-electron chi connectivity index (χ1n) is 9.24. The molecule has 0 aliphatic carbocycles. The third-order valence-corrected chi connectivity index (χ3v) is 4.27. The van der Waals surface area contributed by atoms with E-state index in [4.69, 9.17) is 4.74 Å². The van der Waals surface area contributed by atoms with Crippen LogP contribution in [0.3, 0.4) is 0 Å². The van der Waals surface area contributed by atoms with Gasteiger partial charge in [0.25, 0.3) is 0 Å². The summed E-state index contributed by atoms with van der Waals surface area (Å²) >= 11 is 0. The van der Waals surface area contributed by atoms with E-state index in [1.54, 1.807) is 18.3 Å². The van der Waals surface area contributed by atoms with Gasteiger partial charge >= 0.3 is 0 Å². The minimum atomic E-state index is 0.111. The zero-order chi connectivity index (χ0) is 19.9. The summed E-state index contributed by atoms with van der Waals surface area (Å²) in [6.45, 7) is 6.54. The van der Waals surface area contributed by atoms with Crippen molar-refractivity contribution in [1.29, 1.82) is 0 Å². The molecule has 0 saturated heterocycles. The minimum Gasteiger partial charge on any atom is -0.507 e. The van der Waals surface area contributed by atoms with Crippen molar-refractivity contribution < 1.29 is 9.84 Å². The molecule has 0 saturated carbocycles. The number of hydrazone groups is 1. The number of aromatic nitrogens is 2. The Hall–Kier alpha value is -3.41. The van der Waals surface area contributed by atoms with Gasteiger partial charge in [0, 0.05) is 28.5 Å². The van der Waals surface area contributed by atoms with Crippen LogP contribution in [0.2, 0.25) is 0 Å². The molecule has 3 aromatic rings. The van der Waals surface area contributed by atoms with E-state index >= 15 is 0 Å². The minimum absolute atomic E-state index is 0.111. The normalized spacial score (nSPS) is 11.0. The first-order chi connectivity index (χ1) is 13.6. The highest BCUT2D eigenvalue weighted by atomic mass is 16.5. The van der Waals surface area contributed by atoms with Gasteiger partial charge in [0.2, 0.25) is 0 Å². The molecule has 0 bridgehead atoms. The fraction of sp³-hybridized carbons (Fsp3) is 0.227. The lowest BCUT2D eigenvalue weighted by Gasteiger charge is -2.10. The molecule has 28 heavy (non-hydrogen) atoms. The lowest BCUT2D eigenvalue weighted by Crippen LogP contribution is -2.03. The van der Waals surface area contributed by atoms with Crippen LogP contribution in [0, 0.1) is 13.8 Å². The van der Waals surface area contributed by atoms with Gasteiger partial charge in [-0.15, -0.1) is 0 Å². The molecule has 0 radical (unpaired) electrons. The SMILES string of the molecule is CCCOc1ccc(/C=N\Nc2nc(-c3ccccc3)nc(C)c2C)c(O)c1. The average molecular weight is 376 g/mol. The summed E-state index contributed by atoms with van der Waals surface area (Å²) in [4.78, 5) is 9.15. The number of hydrogen-bond donors (Lipinski definition) is 2. The largest absolute Gasteiger partial charge is 0.507 e. The van der Waals surface area contributed by atoms with Crippen molar-refractivity contribution in [2.75, 3.05) is 12.0 Å². The third kappa shape index (κ3) is 4.65. The van der Waals surface area contributed by atoms with Gasteiger partial charge < -0.3 is 9.84 Å². The Kier molecular flexibility index (Phi) is 6.22. The Bertz CT molecular complexity index is 972. The number of phenols is 1. The van der Waals surface area contributed by atoms with Crippen LogP contribution in [-0.2, 0) is 0 Å². The molecular weight excluding hydrogens is 352 g/mol. The van der Waals surface area contributed by atoms with Crippen LogP contribution in [0.5, 0.6) is 11.5 Å². The number of hydrogen-bond acceptors (Lipinski definition) is 6. The molecule has 2 aromatic carbocycles. The number of phenolic OH excluding ortho intramolecular Hbond substituents is 1. The molecule has 0 aliphatic rings. The molecule has 0 unspecified atom stereocenters. The average Bonchev–Trinajstić information content (AvgIpc) is 2.71. The van der Waals surface area contributed by atoms with E-state index in [0.29, 0.717) is 29.6 Å². The fourth-order valence-corrected chi connectivity index (χ4v) is 2.56. The van der Waals surface area contributed by atoms with Gasteiger partial charge in [-0.1, -0.05) is 37.3 Å². The second-order valence-corrected chi connectivity index (χ2v) is 6.41. The van der Waals surface area contributed by atoms with Gasteiger partial charge in [-0.2, -0.15) is 5.10 Å². The summed E-state index contributed by atoms with van der Waals surface area (Å²) in [5, 5.41) is 14.4. The Morgan fingerprint density at radius 1 is 1.11 bits per heavy atom. The van der Waals surface area contributed by atoms with Gasteiger partial charge in [0.05, 0.1) is 12.8 Å². The summed E-state index contributed by atoms with van der Waals surface area (Å²) in [6.07, 6.45) is 2.47. The molecule has 2 N–H and O–H groups in total. The van der Waals surface area contributed by atoms with Gasteiger partial charge in [0.15, 0.2) is 11.6 Å². The van der Waals surface area contributed by atoms with Crippen molar-refractivity contribution in [1.82, 2.24) is 9.97 Å². The van der Waals surface area contributed by atoms with Crippen molar-refractivity contribution in [2.45, 2.75) is 27.2 Å². The summed E-state index contributed by atoms with van der Waals surface area (Å²) < 4.78 is 5.51. The predicted octanol–water partition coefficient (Wildman–Crippen LogP) is 4.70. The van der Waals surface area contributed by atoms with Crippen molar-refractivity contribution in [3.8, 4) is 22.9 Å². The molecule has 0 atom stereocenters. The molecule has 0 spiro atoms. The molecule has 0 amide bonds. The molecule has 0 fully saturated rings. The van der Waals surface area contributed by atoms with Crippen LogP contribution in [0.25, 0.3) is 11.4 Å². The highest BCUT2D eigenvalue weighted by Gasteiger charge is 2.09. The summed E-state index contributed by atoms with van der Waals surface area (Å²) in [7, 11) is 0. The van der Waals surface area contributed by atoms with Gasteiger partial charge in [-0.05, 0) is 32.4 Å². The maximum atomic E-state index is 10.2. The van der Waals surface area contributed by atoms with E-state index in [0.717, 1.165) is 23.2 Å². The lowest BCUT2D eigenvalue weighted by atomic mass is 10.2. The number of rotatable bonds is 7. The number of benzene rings is 2. The number of nitrogens with zero attached hydrogens (tertiary/aromatic N) is 3. The summed E-state index contributed by atoms with van der Waals surface area (Å²) in [6, 6.07) is 15.0. The summed E-state index contributed by atoms with van der Waals surface area (Å²) in [5.74, 6) is 2.02. The zero-order valence-electron chi connectivity index (χ0n) is 16.3. The van der Waals surface area contributed by atoms with E-state index < -0.39 is 0 Å². The highest BCUT2D eigenvalue weighted by molar-refractivity contribution is 5.84. The Morgan fingerprint density at radius 2 is 1.89 bits per heavy atom. The Labute approximate surface area is 164 Å². The second-order valence-electron chi connectivity index (χ2n) is 6.41. The van der Waals surface area contributed by atoms with Crippen LogP contribution in [0.15, 0.2) is 53.6 Å². The van der Waals surface area contributed by atoms with E-state index in [9.17, 15) is 5.11 Å². The quantitative estimate of drug-likeness (QED) is 0.461. The fourth-order valence-electron chi connectivity index (χ4n) is 2.56. The topological polar surface area (TPSA) is 79.6 Å². The molecular formula is C22H24N4O2. The molecule has 0 aliphatic heterocycles. The number of aryl methyl sites for hydroxylation is 1. The monoisotopic (exact) mass is 376 g/mol. The smallest absolute Gasteiger partial charge is 0.161 e. The van der Waals surface area contributed by atoms with Gasteiger partial charge in [0.1, 0.15) is 11.5 Å². The van der Waals surface area contributed by atoms with E-state index in [-0.39, 0.29) is 5.75 Å². The standard InChI is InChI=1S/C22H24N4O2/c1-4-12-28-19-11-10-18(20(27)13-19)14-23-26-21-15(2)16(3)24-22(25-21)17-8-6-5-7-9-17/h5-11,13-14,27H,4,12H2,1-3H3,(H,24,25,26)/b23-14-. The number of nitrogens with one attached hydrogen (secondary N) is 1. The Balaban J connectivity index is 1.78. The number of aromatic hydroxyl groups is 1. The predicted molar refractivity (Wildman–Crippen MR) is 112 cm³/mol. The molecule has 1 aromatic heterocycles. The Morgan fingerprint density at radius 3 is 2.61 bits per heavy atom. The molecule has 6 heteroatoms. The molecule has 144 valence electrons.